The maximum Gasteiger partial charge on any atom is 0.313 e. The molecule has 1 fully saturated rings. The number of benzene rings is 2. The fraction of sp³-hybridized carbons (Fsp3) is 0.364. The van der Waals surface area contributed by atoms with Crippen LogP contribution in [0.2, 0.25) is 0 Å². The fourth-order valence-corrected chi connectivity index (χ4v) is 3.38. The Morgan fingerprint density at radius 3 is 2.27 bits per heavy atom. The monoisotopic (exact) mass is 412 g/mol. The van der Waals surface area contributed by atoms with Crippen molar-refractivity contribution >= 4 is 23.2 Å². The van der Waals surface area contributed by atoms with Gasteiger partial charge < -0.3 is 25.0 Å². The van der Waals surface area contributed by atoms with E-state index in [1.54, 1.807) is 18.2 Å². The van der Waals surface area contributed by atoms with Crippen molar-refractivity contribution in [3.8, 4) is 11.5 Å². The van der Waals surface area contributed by atoms with Crippen LogP contribution in [-0.4, -0.2) is 70.2 Å². The molecular formula is C22H28N4O4. The highest BCUT2D eigenvalue weighted by molar-refractivity contribution is 6.39. The van der Waals surface area contributed by atoms with Gasteiger partial charge in [-0.15, -0.1) is 0 Å². The van der Waals surface area contributed by atoms with Crippen molar-refractivity contribution in [2.45, 2.75) is 0 Å². The lowest BCUT2D eigenvalue weighted by Gasteiger charge is -2.36. The van der Waals surface area contributed by atoms with E-state index >= 15 is 0 Å². The third kappa shape index (κ3) is 5.64. The lowest BCUT2D eigenvalue weighted by Crippen LogP contribution is -2.49. The van der Waals surface area contributed by atoms with Crippen molar-refractivity contribution in [3.63, 3.8) is 0 Å². The Balaban J connectivity index is 1.39. The number of piperazine rings is 1. The molecule has 3 rings (SSSR count). The van der Waals surface area contributed by atoms with E-state index in [2.05, 4.69) is 32.6 Å². The molecule has 160 valence electrons. The highest BCUT2D eigenvalue weighted by Gasteiger charge is 2.18. The van der Waals surface area contributed by atoms with Gasteiger partial charge >= 0.3 is 11.8 Å². The Labute approximate surface area is 176 Å². The number of methoxy groups -OCH3 is 2. The molecular weight excluding hydrogens is 384 g/mol. The molecule has 1 heterocycles. The summed E-state index contributed by atoms with van der Waals surface area (Å²) in [5.74, 6) is -0.346. The Bertz CT molecular complexity index is 851. The van der Waals surface area contributed by atoms with Gasteiger partial charge in [0.2, 0.25) is 0 Å². The maximum absolute atomic E-state index is 12.1. The summed E-state index contributed by atoms with van der Waals surface area (Å²) in [5, 5.41) is 5.26. The van der Waals surface area contributed by atoms with Crippen molar-refractivity contribution in [1.82, 2.24) is 10.2 Å². The standard InChI is InChI=1S/C22H28N4O4/c1-29-19-9-8-17(16-20(19)30-2)24-22(28)21(27)23-10-11-25-12-14-26(15-13-25)18-6-4-3-5-7-18/h3-9,16H,10-15H2,1-2H3,(H,23,27)(H,24,28). The highest BCUT2D eigenvalue weighted by atomic mass is 16.5. The number of para-hydroxylation sites is 1. The number of nitrogens with one attached hydrogen (secondary N) is 2. The van der Waals surface area contributed by atoms with Crippen LogP contribution in [-0.2, 0) is 9.59 Å². The highest BCUT2D eigenvalue weighted by Crippen LogP contribution is 2.29. The van der Waals surface area contributed by atoms with E-state index in [1.165, 1.54) is 19.9 Å². The second-order valence-corrected chi connectivity index (χ2v) is 6.94. The lowest BCUT2D eigenvalue weighted by atomic mass is 10.2. The molecule has 30 heavy (non-hydrogen) atoms. The van der Waals surface area contributed by atoms with Gasteiger partial charge in [-0.05, 0) is 24.3 Å². The summed E-state index contributed by atoms with van der Waals surface area (Å²) in [5.41, 5.74) is 1.70. The molecule has 0 aliphatic carbocycles. The van der Waals surface area contributed by atoms with Gasteiger partial charge in [-0.25, -0.2) is 0 Å². The largest absolute Gasteiger partial charge is 0.493 e. The van der Waals surface area contributed by atoms with Gasteiger partial charge in [-0.2, -0.15) is 0 Å². The summed E-state index contributed by atoms with van der Waals surface area (Å²) in [6.45, 7) is 4.85. The number of hydrogen-bond acceptors (Lipinski definition) is 6. The average molecular weight is 412 g/mol. The van der Waals surface area contributed by atoms with Crippen LogP contribution >= 0.6 is 0 Å². The van der Waals surface area contributed by atoms with Gasteiger partial charge in [0, 0.05) is 56.7 Å². The van der Waals surface area contributed by atoms with Crippen molar-refractivity contribution in [2.24, 2.45) is 0 Å². The molecule has 0 aromatic heterocycles. The van der Waals surface area contributed by atoms with Crippen LogP contribution in [0.15, 0.2) is 48.5 Å². The van der Waals surface area contributed by atoms with Gasteiger partial charge in [0.25, 0.3) is 0 Å². The van der Waals surface area contributed by atoms with Crippen LogP contribution in [0, 0.1) is 0 Å². The molecule has 1 aliphatic rings. The molecule has 2 amide bonds. The molecule has 2 aromatic carbocycles. The molecule has 0 saturated carbocycles. The molecule has 0 unspecified atom stereocenters. The van der Waals surface area contributed by atoms with Crippen molar-refractivity contribution in [2.75, 3.05) is 63.7 Å². The molecule has 2 aromatic rings. The van der Waals surface area contributed by atoms with Crippen LogP contribution in [0.3, 0.4) is 0 Å². The summed E-state index contributed by atoms with van der Waals surface area (Å²) in [6, 6.07) is 15.3. The zero-order valence-electron chi connectivity index (χ0n) is 17.4. The Morgan fingerprint density at radius 1 is 0.900 bits per heavy atom. The topological polar surface area (TPSA) is 83.1 Å². The predicted molar refractivity (Wildman–Crippen MR) is 116 cm³/mol. The van der Waals surface area contributed by atoms with Crippen LogP contribution in [0.1, 0.15) is 0 Å². The molecule has 2 N–H and O–H groups in total. The van der Waals surface area contributed by atoms with Crippen LogP contribution in [0.5, 0.6) is 11.5 Å². The first-order chi connectivity index (χ1) is 14.6. The number of amides is 2. The Kier molecular flexibility index (Phi) is 7.51. The average Bonchev–Trinajstić information content (AvgIpc) is 2.79. The van der Waals surface area contributed by atoms with Crippen LogP contribution in [0.4, 0.5) is 11.4 Å². The molecule has 0 atom stereocenters. The van der Waals surface area contributed by atoms with Gasteiger partial charge in [-0.1, -0.05) is 18.2 Å². The molecule has 1 aliphatic heterocycles. The lowest BCUT2D eigenvalue weighted by molar-refractivity contribution is -0.136. The summed E-state index contributed by atoms with van der Waals surface area (Å²) < 4.78 is 10.4. The number of carbonyl (C=O) groups is 2. The zero-order valence-corrected chi connectivity index (χ0v) is 17.4. The maximum atomic E-state index is 12.1. The number of carbonyl (C=O) groups excluding carboxylic acids is 2. The minimum atomic E-state index is -0.712. The molecule has 0 radical (unpaired) electrons. The smallest absolute Gasteiger partial charge is 0.313 e. The predicted octanol–water partition coefficient (Wildman–Crippen LogP) is 1.58. The number of hydrogen-bond donors (Lipinski definition) is 2. The number of ether oxygens (including phenoxy) is 2. The minimum Gasteiger partial charge on any atom is -0.493 e. The van der Waals surface area contributed by atoms with Gasteiger partial charge in [0.15, 0.2) is 11.5 Å². The van der Waals surface area contributed by atoms with Crippen LogP contribution < -0.4 is 25.0 Å². The summed E-state index contributed by atoms with van der Waals surface area (Å²) in [6.07, 6.45) is 0. The summed E-state index contributed by atoms with van der Waals surface area (Å²) >= 11 is 0. The second-order valence-electron chi connectivity index (χ2n) is 6.94. The molecule has 0 bridgehead atoms. The Hall–Kier alpha value is -3.26. The van der Waals surface area contributed by atoms with Gasteiger partial charge in [-0.3, -0.25) is 14.5 Å². The number of rotatable bonds is 7. The van der Waals surface area contributed by atoms with E-state index in [0.717, 1.165) is 26.2 Å². The summed E-state index contributed by atoms with van der Waals surface area (Å²) in [7, 11) is 3.04. The number of nitrogens with zero attached hydrogens (tertiary/aromatic N) is 2. The first kappa shape index (κ1) is 21.4. The van der Waals surface area contributed by atoms with Crippen molar-refractivity contribution in [3.05, 3.63) is 48.5 Å². The third-order valence-electron chi connectivity index (χ3n) is 5.05. The van der Waals surface area contributed by atoms with E-state index in [1.807, 2.05) is 18.2 Å². The van der Waals surface area contributed by atoms with E-state index in [0.29, 0.717) is 30.3 Å². The van der Waals surface area contributed by atoms with Crippen LogP contribution in [0.25, 0.3) is 0 Å². The molecule has 1 saturated heterocycles. The first-order valence-electron chi connectivity index (χ1n) is 9.94. The fourth-order valence-electron chi connectivity index (χ4n) is 3.38. The van der Waals surface area contributed by atoms with Gasteiger partial charge in [0.1, 0.15) is 0 Å². The molecule has 8 nitrogen and oxygen atoms in total. The van der Waals surface area contributed by atoms with Crippen molar-refractivity contribution < 1.29 is 19.1 Å². The Morgan fingerprint density at radius 2 is 1.60 bits per heavy atom. The molecule has 8 heteroatoms. The normalized spacial score (nSPS) is 14.1. The summed E-state index contributed by atoms with van der Waals surface area (Å²) in [4.78, 5) is 28.9. The van der Waals surface area contributed by atoms with E-state index in [9.17, 15) is 9.59 Å². The van der Waals surface area contributed by atoms with E-state index in [-0.39, 0.29) is 0 Å². The van der Waals surface area contributed by atoms with E-state index in [4.69, 9.17) is 9.47 Å². The van der Waals surface area contributed by atoms with Crippen molar-refractivity contribution in [1.29, 1.82) is 0 Å². The molecule has 0 spiro atoms. The van der Waals surface area contributed by atoms with Gasteiger partial charge in [0.05, 0.1) is 14.2 Å². The van der Waals surface area contributed by atoms with E-state index < -0.39 is 11.8 Å². The minimum absolute atomic E-state index is 0.420. The number of anilines is 2. The SMILES string of the molecule is COc1ccc(NC(=O)C(=O)NCCN2CCN(c3ccccc3)CC2)cc1OC. The third-order valence-corrected chi connectivity index (χ3v) is 5.05. The zero-order chi connectivity index (χ0) is 21.3. The second kappa shape index (κ2) is 10.5. The first-order valence-corrected chi connectivity index (χ1v) is 9.94. The quantitative estimate of drug-likeness (QED) is 0.672.